The molecule has 1 fully saturated rings. The van der Waals surface area contributed by atoms with Crippen LogP contribution in [0.25, 0.3) is 0 Å². The Morgan fingerprint density at radius 3 is 2.67 bits per heavy atom. The van der Waals surface area contributed by atoms with Gasteiger partial charge in [-0.05, 0) is 26.0 Å². The summed E-state index contributed by atoms with van der Waals surface area (Å²) < 4.78 is 43.1. The van der Waals surface area contributed by atoms with E-state index >= 15 is 0 Å². The third kappa shape index (κ3) is 3.06. The molecule has 0 aliphatic carbocycles. The molecule has 0 unspecified atom stereocenters. The summed E-state index contributed by atoms with van der Waals surface area (Å²) in [5.74, 6) is 0.376. The predicted octanol–water partition coefficient (Wildman–Crippen LogP) is 2.32. The first kappa shape index (κ1) is 16.3. The monoisotopic (exact) mass is 340 g/mol. The van der Waals surface area contributed by atoms with Crippen LogP contribution in [0.2, 0.25) is 0 Å². The van der Waals surface area contributed by atoms with Gasteiger partial charge in [-0.1, -0.05) is 5.16 Å². The molecule has 1 saturated heterocycles. The molecule has 128 valence electrons. The summed E-state index contributed by atoms with van der Waals surface area (Å²) in [7, 11) is 0. The zero-order valence-corrected chi connectivity index (χ0v) is 13.0. The van der Waals surface area contributed by atoms with Crippen molar-refractivity contribution in [1.29, 1.82) is 0 Å². The van der Waals surface area contributed by atoms with E-state index in [0.717, 1.165) is 18.3 Å². The van der Waals surface area contributed by atoms with Crippen LogP contribution in [0.1, 0.15) is 27.4 Å². The number of anilines is 1. The number of aryl methyl sites for hydroxylation is 2. The van der Waals surface area contributed by atoms with Crippen LogP contribution in [0.3, 0.4) is 0 Å². The third-order valence-corrected chi connectivity index (χ3v) is 3.87. The van der Waals surface area contributed by atoms with Gasteiger partial charge in [-0.25, -0.2) is 4.98 Å². The van der Waals surface area contributed by atoms with Crippen LogP contribution in [0.4, 0.5) is 19.0 Å². The van der Waals surface area contributed by atoms with Crippen molar-refractivity contribution in [2.75, 3.05) is 18.0 Å². The summed E-state index contributed by atoms with van der Waals surface area (Å²) in [6.07, 6.45) is -3.27. The Labute approximate surface area is 135 Å². The first-order valence-electron chi connectivity index (χ1n) is 7.27. The fraction of sp³-hybridized carbons (Fsp3) is 0.400. The Bertz CT molecular complexity index is 747. The minimum absolute atomic E-state index is 0.164. The molecule has 9 heteroatoms. The van der Waals surface area contributed by atoms with Crippen molar-refractivity contribution in [3.63, 3.8) is 0 Å². The largest absolute Gasteiger partial charge is 0.416 e. The van der Waals surface area contributed by atoms with Crippen LogP contribution in [0.15, 0.2) is 22.9 Å². The van der Waals surface area contributed by atoms with Crippen molar-refractivity contribution >= 4 is 11.7 Å². The second kappa shape index (κ2) is 5.81. The summed E-state index contributed by atoms with van der Waals surface area (Å²) >= 11 is 0. The number of pyridine rings is 1. The molecule has 3 heterocycles. The van der Waals surface area contributed by atoms with E-state index in [1.54, 1.807) is 18.7 Å². The maximum Gasteiger partial charge on any atom is 0.416 e. The maximum absolute atomic E-state index is 12.7. The predicted molar refractivity (Wildman–Crippen MR) is 78.7 cm³/mol. The summed E-state index contributed by atoms with van der Waals surface area (Å²) in [4.78, 5) is 17.8. The van der Waals surface area contributed by atoms with Gasteiger partial charge in [-0.3, -0.25) is 4.79 Å². The highest BCUT2D eigenvalue weighted by molar-refractivity contribution is 5.96. The topological polar surface area (TPSA) is 71.3 Å². The number of nitrogens with zero attached hydrogens (tertiary/aromatic N) is 3. The molecule has 1 amide bonds. The van der Waals surface area contributed by atoms with Crippen molar-refractivity contribution in [3.8, 4) is 0 Å². The molecule has 3 rings (SSSR count). The van der Waals surface area contributed by atoms with E-state index in [0.29, 0.717) is 30.1 Å². The van der Waals surface area contributed by atoms with E-state index in [9.17, 15) is 18.0 Å². The molecule has 0 aromatic carbocycles. The summed E-state index contributed by atoms with van der Waals surface area (Å²) in [6.45, 7) is 4.10. The molecule has 6 nitrogen and oxygen atoms in total. The van der Waals surface area contributed by atoms with Gasteiger partial charge in [0.25, 0.3) is 5.91 Å². The van der Waals surface area contributed by atoms with Gasteiger partial charge in [-0.2, -0.15) is 13.2 Å². The van der Waals surface area contributed by atoms with Gasteiger partial charge >= 0.3 is 6.18 Å². The summed E-state index contributed by atoms with van der Waals surface area (Å²) in [5, 5.41) is 6.54. The number of halogens is 3. The number of carbonyl (C=O) groups is 1. The molecule has 1 aliphatic heterocycles. The highest BCUT2D eigenvalue weighted by Crippen LogP contribution is 2.31. The summed E-state index contributed by atoms with van der Waals surface area (Å²) in [6, 6.07) is 1.77. The number of aromatic nitrogens is 2. The zero-order chi connectivity index (χ0) is 17.5. The fourth-order valence-corrected chi connectivity index (χ4v) is 2.59. The van der Waals surface area contributed by atoms with Gasteiger partial charge in [0.05, 0.1) is 17.3 Å². The van der Waals surface area contributed by atoms with Crippen LogP contribution >= 0.6 is 0 Å². The Balaban J connectivity index is 1.61. The fourth-order valence-electron chi connectivity index (χ4n) is 2.59. The zero-order valence-electron chi connectivity index (χ0n) is 13.0. The second-order valence-corrected chi connectivity index (χ2v) is 5.68. The van der Waals surface area contributed by atoms with E-state index in [1.807, 2.05) is 0 Å². The lowest BCUT2D eigenvalue weighted by atomic mass is 10.1. The number of hydrogen-bond acceptors (Lipinski definition) is 5. The van der Waals surface area contributed by atoms with Crippen molar-refractivity contribution in [2.45, 2.75) is 26.1 Å². The van der Waals surface area contributed by atoms with Gasteiger partial charge in [0.2, 0.25) is 0 Å². The maximum atomic E-state index is 12.7. The normalized spacial score (nSPS) is 15.3. The molecule has 1 aliphatic rings. The summed E-state index contributed by atoms with van der Waals surface area (Å²) in [5.41, 5.74) is 0.155. The van der Waals surface area contributed by atoms with Crippen LogP contribution in [-0.2, 0) is 6.18 Å². The number of nitrogens with one attached hydrogen (secondary N) is 1. The molecular weight excluding hydrogens is 325 g/mol. The molecule has 0 atom stereocenters. The standard InChI is InChI=1S/C15H15F3N4O2/c1-8-13(9(2)24-21-8)14(23)20-11-6-22(7-11)12-5-10(3-4-19-12)15(16,17)18/h3-5,11H,6-7H2,1-2H3,(H,20,23). The molecule has 1 N–H and O–H groups in total. The first-order chi connectivity index (χ1) is 11.3. The first-order valence-corrected chi connectivity index (χ1v) is 7.27. The van der Waals surface area contributed by atoms with Gasteiger partial charge in [-0.15, -0.1) is 0 Å². The number of carbonyl (C=O) groups excluding carboxylic acids is 1. The molecular formula is C15H15F3N4O2. The number of rotatable bonds is 3. The Hall–Kier alpha value is -2.58. The van der Waals surface area contributed by atoms with Gasteiger partial charge in [0.1, 0.15) is 17.1 Å². The Morgan fingerprint density at radius 1 is 1.38 bits per heavy atom. The van der Waals surface area contributed by atoms with Gasteiger partial charge < -0.3 is 14.7 Å². The highest BCUT2D eigenvalue weighted by Gasteiger charge is 2.34. The average Bonchev–Trinajstić information content (AvgIpc) is 2.80. The Kier molecular flexibility index (Phi) is 3.94. The minimum Gasteiger partial charge on any atom is -0.361 e. The SMILES string of the molecule is Cc1noc(C)c1C(=O)NC1CN(c2cc(C(F)(F)F)ccn2)C1. The van der Waals surface area contributed by atoms with Crippen LogP contribution < -0.4 is 10.2 Å². The molecule has 2 aromatic heterocycles. The third-order valence-electron chi connectivity index (χ3n) is 3.87. The van der Waals surface area contributed by atoms with Crippen LogP contribution in [0, 0.1) is 13.8 Å². The van der Waals surface area contributed by atoms with Crippen LogP contribution in [0.5, 0.6) is 0 Å². The van der Waals surface area contributed by atoms with Crippen molar-refractivity contribution < 1.29 is 22.5 Å². The van der Waals surface area contributed by atoms with E-state index in [-0.39, 0.29) is 17.8 Å². The van der Waals surface area contributed by atoms with E-state index in [2.05, 4.69) is 15.5 Å². The molecule has 0 bridgehead atoms. The van der Waals surface area contributed by atoms with Crippen LogP contribution in [-0.4, -0.2) is 35.2 Å². The lowest BCUT2D eigenvalue weighted by molar-refractivity contribution is -0.137. The van der Waals surface area contributed by atoms with Crippen molar-refractivity contribution in [1.82, 2.24) is 15.5 Å². The van der Waals surface area contributed by atoms with E-state index < -0.39 is 11.7 Å². The quantitative estimate of drug-likeness (QED) is 0.928. The molecule has 0 radical (unpaired) electrons. The lowest BCUT2D eigenvalue weighted by Crippen LogP contribution is -2.59. The van der Waals surface area contributed by atoms with E-state index in [4.69, 9.17) is 4.52 Å². The van der Waals surface area contributed by atoms with E-state index in [1.165, 1.54) is 0 Å². The number of alkyl halides is 3. The number of hydrogen-bond donors (Lipinski definition) is 1. The van der Waals surface area contributed by atoms with Crippen molar-refractivity contribution in [3.05, 3.63) is 40.9 Å². The van der Waals surface area contributed by atoms with Crippen molar-refractivity contribution in [2.24, 2.45) is 0 Å². The Morgan fingerprint density at radius 2 is 2.08 bits per heavy atom. The number of amides is 1. The molecule has 24 heavy (non-hydrogen) atoms. The molecule has 0 saturated carbocycles. The molecule has 2 aromatic rings. The lowest BCUT2D eigenvalue weighted by Gasteiger charge is -2.40. The smallest absolute Gasteiger partial charge is 0.361 e. The second-order valence-electron chi connectivity index (χ2n) is 5.68. The molecule has 0 spiro atoms. The average molecular weight is 340 g/mol. The minimum atomic E-state index is -4.40. The van der Waals surface area contributed by atoms with Gasteiger partial charge in [0.15, 0.2) is 0 Å². The highest BCUT2D eigenvalue weighted by atomic mass is 19.4. The van der Waals surface area contributed by atoms with Gasteiger partial charge in [0, 0.05) is 19.3 Å².